The van der Waals surface area contributed by atoms with Crippen molar-refractivity contribution in [2.45, 2.75) is 31.8 Å². The highest BCUT2D eigenvalue weighted by Crippen LogP contribution is 2.24. The number of carboxylic acids is 2. The molecule has 1 fully saturated rings. The number of nitrogens with one attached hydrogen (secondary N) is 1. The number of rotatable bonds is 4. The van der Waals surface area contributed by atoms with E-state index in [-0.39, 0.29) is 19.0 Å². The summed E-state index contributed by atoms with van der Waals surface area (Å²) in [6, 6.07) is 0.0224. The topological polar surface area (TPSA) is 89.9 Å². The fourth-order valence-corrected chi connectivity index (χ4v) is 2.28. The van der Waals surface area contributed by atoms with Crippen LogP contribution in [-0.4, -0.2) is 58.3 Å². The van der Waals surface area contributed by atoms with Gasteiger partial charge in [0.15, 0.2) is 0 Å². The summed E-state index contributed by atoms with van der Waals surface area (Å²) in [6.07, 6.45) is -0.0579. The minimum Gasteiger partial charge on any atom is -0.481 e. The van der Waals surface area contributed by atoms with Gasteiger partial charge in [-0.15, -0.1) is 0 Å². The third kappa shape index (κ3) is 2.93. The molecule has 1 aliphatic rings. The van der Waals surface area contributed by atoms with Crippen LogP contribution in [0.2, 0.25) is 0 Å². The van der Waals surface area contributed by atoms with Crippen molar-refractivity contribution in [1.29, 1.82) is 0 Å². The van der Waals surface area contributed by atoms with Crippen molar-refractivity contribution < 1.29 is 19.8 Å². The highest BCUT2D eigenvalue weighted by atomic mass is 16.4. The van der Waals surface area contributed by atoms with Gasteiger partial charge in [0.2, 0.25) is 0 Å². The fraction of sp³-hybridized carbons (Fsp3) is 0.800. The quantitative estimate of drug-likeness (QED) is 0.609. The van der Waals surface area contributed by atoms with E-state index in [1.54, 1.807) is 11.8 Å². The molecule has 2 unspecified atom stereocenters. The molecule has 6 nitrogen and oxygen atoms in total. The monoisotopic (exact) mass is 230 g/mol. The molecule has 6 heteroatoms. The van der Waals surface area contributed by atoms with Crippen molar-refractivity contribution in [3.8, 4) is 0 Å². The van der Waals surface area contributed by atoms with Gasteiger partial charge in [-0.1, -0.05) is 0 Å². The Morgan fingerprint density at radius 3 is 2.56 bits per heavy atom. The molecule has 1 saturated heterocycles. The van der Waals surface area contributed by atoms with E-state index >= 15 is 0 Å². The van der Waals surface area contributed by atoms with E-state index in [1.165, 1.54) is 0 Å². The maximum atomic E-state index is 10.8. The van der Waals surface area contributed by atoms with Gasteiger partial charge in [0.05, 0.1) is 13.0 Å². The summed E-state index contributed by atoms with van der Waals surface area (Å²) in [6.45, 7) is 4.74. The fourth-order valence-electron chi connectivity index (χ4n) is 2.28. The maximum Gasteiger partial charge on any atom is 0.317 e. The Labute approximate surface area is 94.2 Å². The van der Waals surface area contributed by atoms with Gasteiger partial charge < -0.3 is 15.5 Å². The van der Waals surface area contributed by atoms with Crippen molar-refractivity contribution in [2.75, 3.05) is 19.6 Å². The van der Waals surface area contributed by atoms with Crippen LogP contribution < -0.4 is 5.32 Å². The second kappa shape index (κ2) is 4.80. The SMILES string of the molecule is CC1CNCC(C)(CC(=O)O)N1CC(=O)O. The van der Waals surface area contributed by atoms with Crippen molar-refractivity contribution in [2.24, 2.45) is 0 Å². The van der Waals surface area contributed by atoms with E-state index < -0.39 is 17.5 Å². The Morgan fingerprint density at radius 1 is 1.44 bits per heavy atom. The summed E-state index contributed by atoms with van der Waals surface area (Å²) in [4.78, 5) is 23.3. The molecule has 0 amide bonds. The predicted molar refractivity (Wildman–Crippen MR) is 57.3 cm³/mol. The van der Waals surface area contributed by atoms with Gasteiger partial charge in [0, 0.05) is 24.7 Å². The molecule has 0 aliphatic carbocycles. The third-order valence-electron chi connectivity index (χ3n) is 3.01. The average Bonchev–Trinajstić information content (AvgIpc) is 2.10. The summed E-state index contributed by atoms with van der Waals surface area (Å²) in [7, 11) is 0. The molecule has 1 rings (SSSR count). The van der Waals surface area contributed by atoms with Crippen LogP contribution in [0.3, 0.4) is 0 Å². The second-order valence-electron chi connectivity index (χ2n) is 4.57. The minimum absolute atomic E-state index is 0.0224. The van der Waals surface area contributed by atoms with Gasteiger partial charge >= 0.3 is 11.9 Å². The van der Waals surface area contributed by atoms with Crippen LogP contribution in [0.15, 0.2) is 0 Å². The Kier molecular flexibility index (Phi) is 3.88. The van der Waals surface area contributed by atoms with Crippen molar-refractivity contribution in [1.82, 2.24) is 10.2 Å². The van der Waals surface area contributed by atoms with Crippen molar-refractivity contribution >= 4 is 11.9 Å². The van der Waals surface area contributed by atoms with Gasteiger partial charge in [0.25, 0.3) is 0 Å². The first-order chi connectivity index (χ1) is 7.35. The summed E-state index contributed by atoms with van der Waals surface area (Å²) in [5.41, 5.74) is -0.637. The Balaban J connectivity index is 2.84. The van der Waals surface area contributed by atoms with Crippen LogP contribution in [-0.2, 0) is 9.59 Å². The van der Waals surface area contributed by atoms with Crippen molar-refractivity contribution in [3.05, 3.63) is 0 Å². The van der Waals surface area contributed by atoms with E-state index in [1.807, 2.05) is 6.92 Å². The Morgan fingerprint density at radius 2 is 2.06 bits per heavy atom. The first-order valence-corrected chi connectivity index (χ1v) is 5.26. The molecule has 1 aliphatic heterocycles. The van der Waals surface area contributed by atoms with Crippen molar-refractivity contribution in [3.63, 3.8) is 0 Å². The molecule has 2 atom stereocenters. The predicted octanol–water partition coefficient (Wildman–Crippen LogP) is -0.402. The van der Waals surface area contributed by atoms with Gasteiger partial charge in [-0.2, -0.15) is 0 Å². The number of carboxylic acid groups (broad SMARTS) is 2. The first-order valence-electron chi connectivity index (χ1n) is 5.26. The number of aliphatic carboxylic acids is 2. The number of hydrogen-bond acceptors (Lipinski definition) is 4. The highest BCUT2D eigenvalue weighted by Gasteiger charge is 2.40. The van der Waals surface area contributed by atoms with Gasteiger partial charge in [-0.3, -0.25) is 14.5 Å². The standard InChI is InChI=1S/C10H18N2O4/c1-7-4-11-6-10(2,3-8(13)14)12(7)5-9(15)16/h7,11H,3-6H2,1-2H3,(H,13,14)(H,15,16). The molecule has 0 radical (unpaired) electrons. The highest BCUT2D eigenvalue weighted by molar-refractivity contribution is 5.71. The van der Waals surface area contributed by atoms with E-state index in [9.17, 15) is 9.59 Å². The zero-order valence-electron chi connectivity index (χ0n) is 9.56. The van der Waals surface area contributed by atoms with E-state index in [2.05, 4.69) is 5.32 Å². The minimum atomic E-state index is -0.926. The number of carbonyl (C=O) groups is 2. The zero-order valence-corrected chi connectivity index (χ0v) is 9.56. The third-order valence-corrected chi connectivity index (χ3v) is 3.01. The molecule has 0 spiro atoms. The van der Waals surface area contributed by atoms with E-state index in [0.29, 0.717) is 13.1 Å². The first kappa shape index (κ1) is 12.9. The number of nitrogens with zero attached hydrogens (tertiary/aromatic N) is 1. The van der Waals surface area contributed by atoms with Crippen LogP contribution in [0, 0.1) is 0 Å². The molecule has 0 saturated carbocycles. The Hall–Kier alpha value is -1.14. The van der Waals surface area contributed by atoms with Crippen LogP contribution in [0.1, 0.15) is 20.3 Å². The lowest BCUT2D eigenvalue weighted by atomic mass is 9.90. The van der Waals surface area contributed by atoms with Crippen LogP contribution in [0.25, 0.3) is 0 Å². The van der Waals surface area contributed by atoms with Crippen LogP contribution in [0.5, 0.6) is 0 Å². The van der Waals surface area contributed by atoms with E-state index in [4.69, 9.17) is 10.2 Å². The average molecular weight is 230 g/mol. The molecule has 1 heterocycles. The summed E-state index contributed by atoms with van der Waals surface area (Å²) >= 11 is 0. The summed E-state index contributed by atoms with van der Waals surface area (Å²) in [5, 5.41) is 20.8. The maximum absolute atomic E-state index is 10.8. The normalized spacial score (nSPS) is 31.2. The molecule has 0 aromatic heterocycles. The largest absolute Gasteiger partial charge is 0.481 e. The lowest BCUT2D eigenvalue weighted by Crippen LogP contribution is -2.65. The molecule has 0 aromatic carbocycles. The molecule has 0 aromatic rings. The van der Waals surface area contributed by atoms with Crippen LogP contribution in [0.4, 0.5) is 0 Å². The summed E-state index contributed by atoms with van der Waals surface area (Å²) < 4.78 is 0. The molecule has 3 N–H and O–H groups in total. The van der Waals surface area contributed by atoms with Gasteiger partial charge in [0.1, 0.15) is 0 Å². The molecular weight excluding hydrogens is 212 g/mol. The van der Waals surface area contributed by atoms with E-state index in [0.717, 1.165) is 0 Å². The lowest BCUT2D eigenvalue weighted by Gasteiger charge is -2.47. The molecular formula is C10H18N2O4. The number of hydrogen-bond donors (Lipinski definition) is 3. The van der Waals surface area contributed by atoms with Gasteiger partial charge in [-0.25, -0.2) is 0 Å². The summed E-state index contributed by atoms with van der Waals surface area (Å²) in [5.74, 6) is -1.83. The second-order valence-corrected chi connectivity index (χ2v) is 4.57. The lowest BCUT2D eigenvalue weighted by molar-refractivity contribution is -0.147. The van der Waals surface area contributed by atoms with Crippen LogP contribution >= 0.6 is 0 Å². The Bertz CT molecular complexity index is 295. The zero-order chi connectivity index (χ0) is 12.3. The molecule has 0 bridgehead atoms. The molecule has 92 valence electrons. The smallest absolute Gasteiger partial charge is 0.317 e. The molecule has 16 heavy (non-hydrogen) atoms. The van der Waals surface area contributed by atoms with Gasteiger partial charge in [-0.05, 0) is 13.8 Å². The number of piperazine rings is 1.